The molecule has 0 aromatic heterocycles. The standard InChI is InChI=1S/C45H86N16O10/c1-27(2)36(43(69)60-34(44(70)71)19-20-35(50)62)61-42(68)32(16-6-10-24-49)58-41(67)33(18-12-26-54-45(51)52)59-40(66)31(15-5-9-23-48)57-39(65)30(14-4-8-22-47)56-38(64)29(13-3-7-21-46)55-37(63)28-17-11-25-53-28/h27-34,36,53H,3-26,46-49H2,1-2H3,(H2,50,62)(H,55,63)(H,56,64)(H,57,65)(H,58,67)(H,59,66)(H,60,69)(H,61,68)(H,70,71)(H4,51,52,54). The van der Waals surface area contributed by atoms with Gasteiger partial charge in [-0.1, -0.05) is 13.8 Å². The monoisotopic (exact) mass is 1010 g/mol. The van der Waals surface area contributed by atoms with Gasteiger partial charge in [0, 0.05) is 13.0 Å². The van der Waals surface area contributed by atoms with Crippen LogP contribution < -0.4 is 82.7 Å². The predicted molar refractivity (Wildman–Crippen MR) is 267 cm³/mol. The second kappa shape index (κ2) is 36.3. The van der Waals surface area contributed by atoms with Gasteiger partial charge >= 0.3 is 5.97 Å². The minimum Gasteiger partial charge on any atom is -0.480 e. The fourth-order valence-corrected chi connectivity index (χ4v) is 7.68. The number of rotatable bonds is 39. The third-order valence-corrected chi connectivity index (χ3v) is 11.8. The SMILES string of the molecule is CC(C)C(NC(=O)C(CCCCN)NC(=O)C(CCCN=C(N)N)NC(=O)C(CCCCN)NC(=O)C(CCCCN)NC(=O)C(CCCCN)NC(=O)C1CCCN1)C(=O)NC(CCC(N)=O)C(=O)O. The van der Waals surface area contributed by atoms with Crippen LogP contribution in [0.2, 0.25) is 0 Å². The number of primary amides is 1. The Kier molecular flexibility index (Phi) is 32.3. The summed E-state index contributed by atoms with van der Waals surface area (Å²) in [6.45, 7) is 5.22. The van der Waals surface area contributed by atoms with E-state index in [-0.39, 0.29) is 82.9 Å². The fourth-order valence-electron chi connectivity index (χ4n) is 7.68. The highest BCUT2D eigenvalue weighted by Gasteiger charge is 2.35. The molecule has 406 valence electrons. The molecule has 1 aliphatic rings. The maximum atomic E-state index is 14.3. The maximum absolute atomic E-state index is 14.3. The fraction of sp³-hybridized carbons (Fsp3) is 0.778. The summed E-state index contributed by atoms with van der Waals surface area (Å²) >= 11 is 0. The molecule has 8 unspecified atom stereocenters. The van der Waals surface area contributed by atoms with Gasteiger partial charge < -0.3 is 87.8 Å². The summed E-state index contributed by atoms with van der Waals surface area (Å²) in [5.74, 6) is -7.76. The highest BCUT2D eigenvalue weighted by Crippen LogP contribution is 2.13. The van der Waals surface area contributed by atoms with Gasteiger partial charge in [-0.05, 0) is 148 Å². The van der Waals surface area contributed by atoms with E-state index >= 15 is 0 Å². The van der Waals surface area contributed by atoms with Gasteiger partial charge in [-0.2, -0.15) is 0 Å². The first-order valence-corrected chi connectivity index (χ1v) is 25.0. The number of carboxylic acids is 1. The molecule has 1 aliphatic heterocycles. The number of nitrogens with one attached hydrogen (secondary N) is 8. The van der Waals surface area contributed by atoms with Gasteiger partial charge in [-0.25, -0.2) is 4.79 Å². The average Bonchev–Trinajstić information content (AvgIpc) is 3.87. The Morgan fingerprint density at radius 2 is 0.901 bits per heavy atom. The van der Waals surface area contributed by atoms with Gasteiger partial charge in [-0.15, -0.1) is 0 Å². The number of guanidine groups is 1. The molecule has 8 atom stereocenters. The predicted octanol–water partition coefficient (Wildman–Crippen LogP) is -4.29. The first-order valence-electron chi connectivity index (χ1n) is 25.0. The summed E-state index contributed by atoms with van der Waals surface area (Å²) in [5.41, 5.74) is 39.2. The van der Waals surface area contributed by atoms with E-state index in [1.807, 2.05) is 0 Å². The maximum Gasteiger partial charge on any atom is 0.326 e. The molecule has 0 spiro atoms. The van der Waals surface area contributed by atoms with E-state index in [2.05, 4.69) is 47.5 Å². The quantitative estimate of drug-likeness (QED) is 0.0157. The summed E-state index contributed by atoms with van der Waals surface area (Å²) in [4.78, 5) is 124. The number of carbonyl (C=O) groups excluding carboxylic acids is 8. The highest BCUT2D eigenvalue weighted by atomic mass is 16.4. The van der Waals surface area contributed by atoms with Crippen molar-refractivity contribution in [3.63, 3.8) is 0 Å². The molecule has 0 aromatic carbocycles. The van der Waals surface area contributed by atoms with Crippen molar-refractivity contribution in [1.29, 1.82) is 0 Å². The zero-order valence-corrected chi connectivity index (χ0v) is 41.8. The van der Waals surface area contributed by atoms with Crippen LogP contribution in [0.1, 0.15) is 129 Å². The van der Waals surface area contributed by atoms with Crippen molar-refractivity contribution < 1.29 is 48.3 Å². The number of aliphatic imine (C=N–C) groups is 1. The highest BCUT2D eigenvalue weighted by molar-refractivity contribution is 5.97. The van der Waals surface area contributed by atoms with Crippen LogP contribution in [0.5, 0.6) is 0 Å². The molecule has 1 fully saturated rings. The second-order valence-electron chi connectivity index (χ2n) is 18.2. The molecule has 26 heteroatoms. The van der Waals surface area contributed by atoms with Gasteiger partial charge in [0.2, 0.25) is 47.3 Å². The Bertz CT molecular complexity index is 1710. The Labute approximate surface area is 417 Å². The van der Waals surface area contributed by atoms with Gasteiger partial charge in [0.25, 0.3) is 0 Å². The minimum absolute atomic E-state index is 0.0424. The van der Waals surface area contributed by atoms with Crippen molar-refractivity contribution in [3.05, 3.63) is 0 Å². The summed E-state index contributed by atoms with van der Waals surface area (Å²) in [6.07, 6.45) is 5.31. The smallest absolute Gasteiger partial charge is 0.326 e. The lowest BCUT2D eigenvalue weighted by Gasteiger charge is -2.29. The van der Waals surface area contributed by atoms with E-state index in [4.69, 9.17) is 40.1 Å². The molecule has 26 nitrogen and oxygen atoms in total. The van der Waals surface area contributed by atoms with Gasteiger partial charge in [0.1, 0.15) is 42.3 Å². The molecule has 23 N–H and O–H groups in total. The second-order valence-corrected chi connectivity index (χ2v) is 18.2. The van der Waals surface area contributed by atoms with Crippen LogP contribution in [-0.4, -0.2) is 152 Å². The Hall–Kier alpha value is -5.70. The number of hydrogen-bond acceptors (Lipinski definition) is 15. The van der Waals surface area contributed by atoms with Crippen LogP contribution in [0, 0.1) is 5.92 Å². The number of hydrogen-bond donors (Lipinski definition) is 16. The van der Waals surface area contributed by atoms with Gasteiger partial charge in [-0.3, -0.25) is 43.3 Å². The Morgan fingerprint density at radius 3 is 1.24 bits per heavy atom. The Balaban J connectivity index is 3.51. The molecule has 1 saturated heterocycles. The molecule has 1 rings (SSSR count). The molecule has 1 heterocycles. The summed E-state index contributed by atoms with van der Waals surface area (Å²) in [5, 5.41) is 31.6. The molecular weight excluding hydrogens is 925 g/mol. The van der Waals surface area contributed by atoms with Crippen LogP contribution >= 0.6 is 0 Å². The van der Waals surface area contributed by atoms with Crippen LogP contribution in [0.3, 0.4) is 0 Å². The molecule has 0 aliphatic carbocycles. The van der Waals surface area contributed by atoms with Crippen LogP contribution in [0.15, 0.2) is 4.99 Å². The number of nitrogens with two attached hydrogens (primary N) is 7. The van der Waals surface area contributed by atoms with E-state index in [0.717, 1.165) is 6.42 Å². The lowest BCUT2D eigenvalue weighted by Crippen LogP contribution is -2.60. The molecule has 0 aromatic rings. The molecular formula is C45H86N16O10. The first kappa shape index (κ1) is 63.3. The molecule has 71 heavy (non-hydrogen) atoms. The average molecular weight is 1010 g/mol. The van der Waals surface area contributed by atoms with Crippen LogP contribution in [0.4, 0.5) is 0 Å². The number of nitrogens with zero attached hydrogens (tertiary/aromatic N) is 1. The van der Waals surface area contributed by atoms with E-state index in [0.29, 0.717) is 77.4 Å². The third kappa shape index (κ3) is 26.4. The number of amides is 8. The van der Waals surface area contributed by atoms with Gasteiger partial charge in [0.05, 0.1) is 6.04 Å². The van der Waals surface area contributed by atoms with Crippen molar-refractivity contribution in [3.8, 4) is 0 Å². The minimum atomic E-state index is -1.48. The lowest BCUT2D eigenvalue weighted by atomic mass is 10.0. The molecule has 0 bridgehead atoms. The van der Waals surface area contributed by atoms with Crippen molar-refractivity contribution in [2.24, 2.45) is 51.0 Å². The molecule has 0 radical (unpaired) electrons. The number of unbranched alkanes of at least 4 members (excludes halogenated alkanes) is 4. The number of carboxylic acid groups (broad SMARTS) is 1. The third-order valence-electron chi connectivity index (χ3n) is 11.8. The summed E-state index contributed by atoms with van der Waals surface area (Å²) in [6, 6.07) is -9.17. The lowest BCUT2D eigenvalue weighted by molar-refractivity contribution is -0.143. The van der Waals surface area contributed by atoms with Crippen molar-refractivity contribution in [1.82, 2.24) is 42.5 Å². The van der Waals surface area contributed by atoms with E-state index < -0.39 is 102 Å². The largest absolute Gasteiger partial charge is 0.480 e. The van der Waals surface area contributed by atoms with E-state index in [1.54, 1.807) is 13.8 Å². The van der Waals surface area contributed by atoms with Crippen LogP contribution in [0.25, 0.3) is 0 Å². The topological polar surface area (TPSA) is 465 Å². The molecule has 0 saturated carbocycles. The zero-order valence-electron chi connectivity index (χ0n) is 41.8. The van der Waals surface area contributed by atoms with Crippen molar-refractivity contribution in [2.75, 3.05) is 39.3 Å². The van der Waals surface area contributed by atoms with E-state index in [9.17, 15) is 48.3 Å². The Morgan fingerprint density at radius 1 is 0.521 bits per heavy atom. The normalized spacial score (nSPS) is 16.2. The van der Waals surface area contributed by atoms with Crippen molar-refractivity contribution >= 4 is 59.2 Å². The first-order chi connectivity index (χ1) is 33.8. The van der Waals surface area contributed by atoms with Crippen LogP contribution in [-0.2, 0) is 43.2 Å². The summed E-state index contributed by atoms with van der Waals surface area (Å²) < 4.78 is 0. The van der Waals surface area contributed by atoms with Gasteiger partial charge in [0.15, 0.2) is 5.96 Å². The summed E-state index contributed by atoms with van der Waals surface area (Å²) in [7, 11) is 0. The molecule has 8 amide bonds. The number of carbonyl (C=O) groups is 9. The number of aliphatic carboxylic acids is 1. The van der Waals surface area contributed by atoms with Crippen molar-refractivity contribution in [2.45, 2.75) is 178 Å². The zero-order chi connectivity index (χ0) is 53.3. The van der Waals surface area contributed by atoms with E-state index in [1.165, 1.54) is 0 Å².